The van der Waals surface area contributed by atoms with E-state index in [1.165, 1.54) is 13.0 Å². The highest BCUT2D eigenvalue weighted by Gasteiger charge is 2.92. The number of rotatable bonds is 4. The number of carbonyl (C=O) groups is 2. The summed E-state index contributed by atoms with van der Waals surface area (Å²) in [5.74, 6) is -5.45. The number of ketones is 1. The Bertz CT molecular complexity index is 991. The third kappa shape index (κ3) is 2.28. The zero-order chi connectivity index (χ0) is 25.4. The molecular weight excluding hydrogens is 444 g/mol. The van der Waals surface area contributed by atoms with E-state index in [2.05, 4.69) is 0 Å². The van der Waals surface area contributed by atoms with E-state index in [9.17, 15) is 35.1 Å². The second-order valence-corrected chi connectivity index (χ2v) is 11.9. The number of aliphatic hydroxyl groups is 5. The topological polar surface area (TPSA) is 157 Å². The van der Waals surface area contributed by atoms with Crippen molar-refractivity contribution < 1.29 is 44.6 Å². The van der Waals surface area contributed by atoms with Gasteiger partial charge < -0.3 is 35.0 Å². The molecule has 12 atom stereocenters. The summed E-state index contributed by atoms with van der Waals surface area (Å²) in [4.78, 5) is 26.0. The van der Waals surface area contributed by atoms with Crippen molar-refractivity contribution in [3.05, 3.63) is 11.6 Å². The van der Waals surface area contributed by atoms with Crippen LogP contribution < -0.4 is 0 Å². The van der Waals surface area contributed by atoms with E-state index < -0.39 is 94.1 Å². The summed E-state index contributed by atoms with van der Waals surface area (Å²) in [6.45, 7) is 9.67. The maximum atomic E-state index is 13.2. The summed E-state index contributed by atoms with van der Waals surface area (Å²) in [6, 6.07) is 0. The standard InChI is InChI=1S/C25H36O9/c1-7-10(2)19(30)33-25-15(21(25,5)6)14-18(29)22(9-26)20(34-22)24(32)13(8-11(3)16(24)27)23(14,31)12(4)17(25)28/h8,10,12-15,17-18,20,26,28-29,31-32H,7,9H2,1-6H3/t10?,12-,13+,14-,15+,17?,18?,20?,22?,23?,24?,25?/m1/s1. The third-order valence-electron chi connectivity index (χ3n) is 10.3. The molecule has 8 unspecified atom stereocenters. The van der Waals surface area contributed by atoms with Crippen LogP contribution in [0.2, 0.25) is 0 Å². The number of carbonyl (C=O) groups excluding carboxylic acids is 2. The summed E-state index contributed by atoms with van der Waals surface area (Å²) >= 11 is 0. The predicted octanol–water partition coefficient (Wildman–Crippen LogP) is -0.291. The molecule has 5 rings (SSSR count). The lowest BCUT2D eigenvalue weighted by molar-refractivity contribution is -0.245. The molecule has 0 bridgehead atoms. The molecule has 0 spiro atoms. The van der Waals surface area contributed by atoms with Gasteiger partial charge in [0.15, 0.2) is 11.4 Å². The average Bonchev–Trinajstić information content (AvgIpc) is 3.63. The van der Waals surface area contributed by atoms with Crippen molar-refractivity contribution >= 4 is 11.8 Å². The van der Waals surface area contributed by atoms with E-state index in [0.717, 1.165) is 0 Å². The van der Waals surface area contributed by atoms with Gasteiger partial charge in [-0.1, -0.05) is 40.7 Å². The third-order valence-corrected chi connectivity index (χ3v) is 10.3. The zero-order valence-corrected chi connectivity index (χ0v) is 20.5. The molecule has 0 amide bonds. The number of esters is 1. The lowest BCUT2D eigenvalue weighted by Gasteiger charge is -2.54. The fourth-order valence-electron chi connectivity index (χ4n) is 7.96. The van der Waals surface area contributed by atoms with Crippen molar-refractivity contribution in [3.63, 3.8) is 0 Å². The number of hydrogen-bond donors (Lipinski definition) is 5. The number of aliphatic hydroxyl groups excluding tert-OH is 3. The summed E-state index contributed by atoms with van der Waals surface area (Å²) < 4.78 is 11.7. The quantitative estimate of drug-likeness (QED) is 0.269. The van der Waals surface area contributed by atoms with Crippen molar-refractivity contribution in [3.8, 4) is 0 Å². The largest absolute Gasteiger partial charge is 0.455 e. The molecule has 0 aromatic heterocycles. The maximum absolute atomic E-state index is 13.2. The Balaban J connectivity index is 1.70. The van der Waals surface area contributed by atoms with Gasteiger partial charge in [-0.05, 0) is 18.9 Å². The Morgan fingerprint density at radius 2 is 1.85 bits per heavy atom. The highest BCUT2D eigenvalue weighted by molar-refractivity contribution is 6.05. The molecule has 4 aliphatic carbocycles. The van der Waals surface area contributed by atoms with Crippen LogP contribution >= 0.6 is 0 Å². The van der Waals surface area contributed by atoms with Crippen LogP contribution in [0.5, 0.6) is 0 Å². The van der Waals surface area contributed by atoms with Crippen LogP contribution in [0.4, 0.5) is 0 Å². The van der Waals surface area contributed by atoms with Crippen LogP contribution in [0.3, 0.4) is 0 Å². The molecular formula is C25H36O9. The van der Waals surface area contributed by atoms with Crippen LogP contribution in [0, 0.1) is 35.0 Å². The normalized spacial score (nSPS) is 55.1. The molecule has 9 heteroatoms. The summed E-state index contributed by atoms with van der Waals surface area (Å²) in [5, 5.41) is 57.6. The minimum absolute atomic E-state index is 0.246. The van der Waals surface area contributed by atoms with Gasteiger partial charge in [0.1, 0.15) is 17.3 Å². The van der Waals surface area contributed by atoms with Gasteiger partial charge in [-0.3, -0.25) is 9.59 Å². The van der Waals surface area contributed by atoms with Crippen LogP contribution in [0.15, 0.2) is 11.6 Å². The molecule has 34 heavy (non-hydrogen) atoms. The molecule has 0 radical (unpaired) electrons. The summed E-state index contributed by atoms with van der Waals surface area (Å²) in [5.41, 5.74) is -7.76. The van der Waals surface area contributed by atoms with Gasteiger partial charge in [-0.25, -0.2) is 0 Å². The molecule has 5 aliphatic rings. The molecule has 1 aliphatic heterocycles. The molecule has 3 saturated carbocycles. The SMILES string of the molecule is CCC(C)C(=O)OC12C(O)[C@@H](C)C3(O)[C@@H]4C=C(C)C(=O)C4(O)C4OC4(CO)C(O)[C@H]3[C@H]1C2(C)C. The number of hydrogen-bond acceptors (Lipinski definition) is 9. The second-order valence-electron chi connectivity index (χ2n) is 11.9. The Morgan fingerprint density at radius 3 is 2.41 bits per heavy atom. The van der Waals surface area contributed by atoms with Crippen molar-refractivity contribution in [1.29, 1.82) is 0 Å². The molecule has 4 fully saturated rings. The molecule has 1 heterocycles. The number of epoxide rings is 1. The van der Waals surface area contributed by atoms with Crippen molar-refractivity contribution in [2.45, 2.75) is 88.7 Å². The van der Waals surface area contributed by atoms with Gasteiger partial charge in [0.25, 0.3) is 0 Å². The highest BCUT2D eigenvalue weighted by atomic mass is 16.6. The number of ether oxygens (including phenoxy) is 2. The number of Topliss-reactive ketones (excluding diaryl/α,β-unsaturated/α-hetero) is 1. The van der Waals surface area contributed by atoms with E-state index in [-0.39, 0.29) is 5.57 Å². The van der Waals surface area contributed by atoms with Gasteiger partial charge >= 0.3 is 5.97 Å². The van der Waals surface area contributed by atoms with Crippen molar-refractivity contribution in [2.24, 2.45) is 35.0 Å². The maximum Gasteiger partial charge on any atom is 0.309 e. The first-order chi connectivity index (χ1) is 15.6. The number of fused-ring (bicyclic) bond motifs is 7. The van der Waals surface area contributed by atoms with E-state index in [4.69, 9.17) is 9.47 Å². The van der Waals surface area contributed by atoms with Crippen LogP contribution in [0.25, 0.3) is 0 Å². The first kappa shape index (κ1) is 24.3. The van der Waals surface area contributed by atoms with E-state index in [1.807, 2.05) is 20.8 Å². The Labute approximate surface area is 198 Å². The lowest BCUT2D eigenvalue weighted by atomic mass is 9.58. The molecule has 190 valence electrons. The first-order valence-electron chi connectivity index (χ1n) is 12.2. The van der Waals surface area contributed by atoms with E-state index in [0.29, 0.717) is 6.42 Å². The fraction of sp³-hybridized carbons (Fsp3) is 0.840. The van der Waals surface area contributed by atoms with Crippen LogP contribution in [0.1, 0.15) is 48.0 Å². The fourth-order valence-corrected chi connectivity index (χ4v) is 7.96. The lowest BCUT2D eigenvalue weighted by Crippen LogP contribution is -2.68. The van der Waals surface area contributed by atoms with Crippen LogP contribution in [-0.4, -0.2) is 84.6 Å². The van der Waals surface area contributed by atoms with E-state index >= 15 is 0 Å². The highest BCUT2D eigenvalue weighted by Crippen LogP contribution is 2.78. The molecule has 9 nitrogen and oxygen atoms in total. The average molecular weight is 481 g/mol. The molecule has 0 aromatic rings. The van der Waals surface area contributed by atoms with Gasteiger partial charge in [0.05, 0.1) is 30.3 Å². The predicted molar refractivity (Wildman–Crippen MR) is 117 cm³/mol. The smallest absolute Gasteiger partial charge is 0.309 e. The molecule has 0 aromatic carbocycles. The monoisotopic (exact) mass is 480 g/mol. The first-order valence-corrected chi connectivity index (χ1v) is 12.2. The Morgan fingerprint density at radius 1 is 1.24 bits per heavy atom. The van der Waals surface area contributed by atoms with Crippen molar-refractivity contribution in [1.82, 2.24) is 0 Å². The van der Waals surface area contributed by atoms with Crippen molar-refractivity contribution in [2.75, 3.05) is 6.61 Å². The van der Waals surface area contributed by atoms with Crippen LogP contribution in [-0.2, 0) is 19.1 Å². The second kappa shape index (κ2) is 6.69. The summed E-state index contributed by atoms with van der Waals surface area (Å²) in [6.07, 6.45) is -1.97. The van der Waals surface area contributed by atoms with Gasteiger partial charge in [-0.2, -0.15) is 0 Å². The Hall–Kier alpha value is -1.36. The minimum Gasteiger partial charge on any atom is -0.455 e. The zero-order valence-electron chi connectivity index (χ0n) is 20.5. The molecule has 1 saturated heterocycles. The molecule has 5 N–H and O–H groups in total. The van der Waals surface area contributed by atoms with Gasteiger partial charge in [0, 0.05) is 29.1 Å². The van der Waals surface area contributed by atoms with Gasteiger partial charge in [-0.15, -0.1) is 0 Å². The van der Waals surface area contributed by atoms with Gasteiger partial charge in [0.2, 0.25) is 0 Å². The van der Waals surface area contributed by atoms with E-state index in [1.54, 1.807) is 13.8 Å². The Kier molecular flexibility index (Phi) is 4.79. The summed E-state index contributed by atoms with van der Waals surface area (Å²) in [7, 11) is 0. The minimum atomic E-state index is -2.20.